The zero-order chi connectivity index (χ0) is 7.78. The number of hydrogen-bond donors (Lipinski definition) is 1. The normalized spacial score (nSPS) is 11.9. The van der Waals surface area contributed by atoms with Crippen LogP contribution in [0, 0.1) is 0 Å². The highest BCUT2D eigenvalue weighted by Gasteiger charge is 2.31. The summed E-state index contributed by atoms with van der Waals surface area (Å²) in [5.41, 5.74) is 5.09. The van der Waals surface area contributed by atoms with E-state index in [9.17, 15) is 13.2 Å². The zero-order valence-electron chi connectivity index (χ0n) is 4.77. The largest absolute Gasteiger partial charge is 0.425 e. The van der Waals surface area contributed by atoms with Crippen LogP contribution in [0.1, 0.15) is 4.88 Å². The molecule has 0 unspecified atom stereocenters. The molecule has 2 N–H and O–H groups in total. The zero-order valence-corrected chi connectivity index (χ0v) is 5.59. The van der Waals surface area contributed by atoms with Crippen LogP contribution in [-0.4, -0.2) is 0 Å². The molecule has 0 aliphatic rings. The molecule has 1 aromatic heterocycles. The number of halogens is 3. The molecule has 1 nitrogen and oxygen atoms in total. The molecule has 1 aromatic rings. The number of hydrogen-bond acceptors (Lipinski definition) is 2. The number of rotatable bonds is 0. The van der Waals surface area contributed by atoms with E-state index in [1.54, 1.807) is 0 Å². The van der Waals surface area contributed by atoms with Crippen LogP contribution >= 0.6 is 11.3 Å². The van der Waals surface area contributed by atoms with Gasteiger partial charge in [0.25, 0.3) is 0 Å². The first-order valence-corrected chi connectivity index (χ1v) is 3.24. The monoisotopic (exact) mass is 167 g/mol. The lowest BCUT2D eigenvalue weighted by atomic mass is 10.5. The van der Waals surface area contributed by atoms with E-state index in [0.29, 0.717) is 11.3 Å². The summed E-state index contributed by atoms with van der Waals surface area (Å²) in [5, 5.41) is 0.187. The van der Waals surface area contributed by atoms with Gasteiger partial charge in [0.1, 0.15) is 4.88 Å². The molecule has 0 amide bonds. The fraction of sp³-hybridized carbons (Fsp3) is 0.200. The maximum Gasteiger partial charge on any atom is 0.425 e. The topological polar surface area (TPSA) is 26.0 Å². The van der Waals surface area contributed by atoms with Gasteiger partial charge in [0.15, 0.2) is 0 Å². The van der Waals surface area contributed by atoms with Crippen LogP contribution in [0.4, 0.5) is 18.2 Å². The van der Waals surface area contributed by atoms with Crippen molar-refractivity contribution in [2.45, 2.75) is 6.18 Å². The quantitative estimate of drug-likeness (QED) is 0.630. The number of thiophene rings is 1. The summed E-state index contributed by atoms with van der Waals surface area (Å²) in [6.07, 6.45) is -4.25. The van der Waals surface area contributed by atoms with Crippen LogP contribution in [0.2, 0.25) is 0 Å². The second kappa shape index (κ2) is 2.16. The van der Waals surface area contributed by atoms with Crippen LogP contribution in [0.25, 0.3) is 0 Å². The molecule has 0 aliphatic carbocycles. The summed E-state index contributed by atoms with van der Waals surface area (Å²) in [6, 6.07) is 2.22. The summed E-state index contributed by atoms with van der Waals surface area (Å²) in [4.78, 5) is -0.648. The summed E-state index contributed by atoms with van der Waals surface area (Å²) >= 11 is 0.547. The van der Waals surface area contributed by atoms with Crippen LogP contribution in [0.3, 0.4) is 0 Å². The Kier molecular flexibility index (Phi) is 1.60. The molecule has 0 saturated carbocycles. The molecule has 56 valence electrons. The first kappa shape index (κ1) is 7.40. The first-order chi connectivity index (χ1) is 4.50. The Morgan fingerprint density at radius 2 is 1.90 bits per heavy atom. The molecule has 0 fully saturated rings. The van der Waals surface area contributed by atoms with Gasteiger partial charge in [-0.05, 0) is 12.1 Å². The van der Waals surface area contributed by atoms with Crippen LogP contribution in [0.5, 0.6) is 0 Å². The standard InChI is InChI=1S/C5H4F3NS/c6-5(7,8)3-1-2-4(9)10-3/h1-2H,9H2. The summed E-state index contributed by atoms with van der Waals surface area (Å²) in [7, 11) is 0. The fourth-order valence-electron chi connectivity index (χ4n) is 0.505. The molecule has 5 heteroatoms. The smallest absolute Gasteiger partial charge is 0.391 e. The predicted molar refractivity (Wildman–Crippen MR) is 33.7 cm³/mol. The fourth-order valence-corrected chi connectivity index (χ4v) is 1.15. The van der Waals surface area contributed by atoms with Crippen LogP contribution < -0.4 is 5.73 Å². The van der Waals surface area contributed by atoms with Crippen molar-refractivity contribution in [2.24, 2.45) is 0 Å². The van der Waals surface area contributed by atoms with E-state index in [1.807, 2.05) is 0 Å². The minimum atomic E-state index is -4.25. The second-order valence-corrected chi connectivity index (χ2v) is 2.82. The van der Waals surface area contributed by atoms with Gasteiger partial charge in [-0.15, -0.1) is 11.3 Å². The average Bonchev–Trinajstić information content (AvgIpc) is 2.11. The maximum absolute atomic E-state index is 11.8. The number of anilines is 1. The number of nitrogens with two attached hydrogens (primary N) is 1. The number of alkyl halides is 3. The molecule has 0 aromatic carbocycles. The highest BCUT2D eigenvalue weighted by molar-refractivity contribution is 7.15. The lowest BCUT2D eigenvalue weighted by Crippen LogP contribution is -2.00. The van der Waals surface area contributed by atoms with Gasteiger partial charge in [0, 0.05) is 0 Å². The molecule has 0 saturated heterocycles. The van der Waals surface area contributed by atoms with Gasteiger partial charge < -0.3 is 5.73 Å². The molecule has 0 spiro atoms. The minimum absolute atomic E-state index is 0.187. The highest BCUT2D eigenvalue weighted by atomic mass is 32.1. The molecule has 1 rings (SSSR count). The SMILES string of the molecule is Nc1ccc(C(F)(F)F)s1. The lowest BCUT2D eigenvalue weighted by Gasteiger charge is -1.99. The van der Waals surface area contributed by atoms with E-state index < -0.39 is 11.1 Å². The van der Waals surface area contributed by atoms with E-state index in [-0.39, 0.29) is 5.00 Å². The van der Waals surface area contributed by atoms with Gasteiger partial charge in [-0.25, -0.2) is 0 Å². The van der Waals surface area contributed by atoms with Crippen molar-refractivity contribution < 1.29 is 13.2 Å². The molecular weight excluding hydrogens is 163 g/mol. The Balaban J connectivity index is 2.96. The Labute approximate surface area is 59.3 Å². The van der Waals surface area contributed by atoms with Gasteiger partial charge in [-0.2, -0.15) is 13.2 Å². The third kappa shape index (κ3) is 1.41. The van der Waals surface area contributed by atoms with E-state index in [4.69, 9.17) is 5.73 Å². The highest BCUT2D eigenvalue weighted by Crippen LogP contribution is 2.35. The van der Waals surface area contributed by atoms with Gasteiger partial charge in [-0.1, -0.05) is 0 Å². The van der Waals surface area contributed by atoms with Gasteiger partial charge in [0.05, 0.1) is 5.00 Å². The molecule has 1 heterocycles. The molecule has 0 radical (unpaired) electrons. The van der Waals surface area contributed by atoms with Crippen molar-refractivity contribution in [3.63, 3.8) is 0 Å². The molecule has 10 heavy (non-hydrogen) atoms. The molecule has 0 aliphatic heterocycles. The van der Waals surface area contributed by atoms with E-state index >= 15 is 0 Å². The van der Waals surface area contributed by atoms with Crippen molar-refractivity contribution in [2.75, 3.05) is 5.73 Å². The Bertz CT molecular complexity index is 227. The third-order valence-electron chi connectivity index (χ3n) is 0.906. The Morgan fingerprint density at radius 1 is 1.30 bits per heavy atom. The van der Waals surface area contributed by atoms with E-state index in [0.717, 1.165) is 6.07 Å². The van der Waals surface area contributed by atoms with E-state index in [2.05, 4.69) is 0 Å². The van der Waals surface area contributed by atoms with Crippen molar-refractivity contribution >= 4 is 16.3 Å². The Morgan fingerprint density at radius 3 is 2.10 bits per heavy atom. The molecule has 0 atom stereocenters. The predicted octanol–water partition coefficient (Wildman–Crippen LogP) is 2.35. The first-order valence-electron chi connectivity index (χ1n) is 2.42. The summed E-state index contributed by atoms with van der Waals surface area (Å²) in [5.74, 6) is 0. The van der Waals surface area contributed by atoms with Crippen molar-refractivity contribution in [1.29, 1.82) is 0 Å². The molecular formula is C5H4F3NS. The summed E-state index contributed by atoms with van der Waals surface area (Å²) < 4.78 is 35.3. The third-order valence-corrected chi connectivity index (χ3v) is 1.87. The maximum atomic E-state index is 11.8. The van der Waals surface area contributed by atoms with Crippen LogP contribution in [-0.2, 0) is 6.18 Å². The lowest BCUT2D eigenvalue weighted by molar-refractivity contribution is -0.134. The minimum Gasteiger partial charge on any atom is -0.391 e. The second-order valence-electron chi connectivity index (χ2n) is 1.70. The van der Waals surface area contributed by atoms with Gasteiger partial charge in [0.2, 0.25) is 0 Å². The molecule has 0 bridgehead atoms. The van der Waals surface area contributed by atoms with Crippen molar-refractivity contribution in [3.8, 4) is 0 Å². The van der Waals surface area contributed by atoms with E-state index in [1.165, 1.54) is 6.07 Å². The van der Waals surface area contributed by atoms with Crippen molar-refractivity contribution in [1.82, 2.24) is 0 Å². The Hall–Kier alpha value is -0.710. The van der Waals surface area contributed by atoms with Gasteiger partial charge >= 0.3 is 6.18 Å². The van der Waals surface area contributed by atoms with Gasteiger partial charge in [-0.3, -0.25) is 0 Å². The summed E-state index contributed by atoms with van der Waals surface area (Å²) in [6.45, 7) is 0. The number of nitrogen functional groups attached to an aromatic ring is 1. The average molecular weight is 167 g/mol. The van der Waals surface area contributed by atoms with Crippen molar-refractivity contribution in [3.05, 3.63) is 17.0 Å². The van der Waals surface area contributed by atoms with Crippen LogP contribution in [0.15, 0.2) is 12.1 Å².